The first-order valence-electron chi connectivity index (χ1n) is 7.20. The van der Waals surface area contributed by atoms with Gasteiger partial charge >= 0.3 is 5.97 Å². The van der Waals surface area contributed by atoms with Gasteiger partial charge < -0.3 is 4.74 Å². The van der Waals surface area contributed by atoms with Crippen molar-refractivity contribution in [2.45, 2.75) is 39.0 Å². The van der Waals surface area contributed by atoms with E-state index in [1.165, 1.54) is 0 Å². The van der Waals surface area contributed by atoms with E-state index in [9.17, 15) is 9.59 Å². The van der Waals surface area contributed by atoms with E-state index in [1.807, 2.05) is 6.92 Å². The Morgan fingerprint density at radius 1 is 1.52 bits per heavy atom. The van der Waals surface area contributed by atoms with Crippen molar-refractivity contribution in [2.75, 3.05) is 6.61 Å². The molecule has 0 radical (unpaired) electrons. The molecule has 0 bridgehead atoms. The molecule has 0 saturated carbocycles. The summed E-state index contributed by atoms with van der Waals surface area (Å²) in [6.07, 6.45) is 2.60. The molecule has 0 saturated heterocycles. The number of esters is 1. The second-order valence-electron chi connectivity index (χ2n) is 5.34. The zero-order valence-corrected chi connectivity index (χ0v) is 13.2. The van der Waals surface area contributed by atoms with Crippen molar-refractivity contribution < 1.29 is 9.53 Å². The number of fused-ring (bicyclic) bond motifs is 3. The number of aryl methyl sites for hydroxylation is 2. The van der Waals surface area contributed by atoms with Crippen LogP contribution in [0.15, 0.2) is 4.79 Å². The lowest BCUT2D eigenvalue weighted by Gasteiger charge is -2.21. The second-order valence-corrected chi connectivity index (χ2v) is 6.42. The molecule has 3 rings (SSSR count). The predicted octanol–water partition coefficient (Wildman–Crippen LogP) is 2.29. The standard InChI is InChI=1S/C15H18N2O3S/c1-4-20-15(19)9-6-5-7-10-11(9)12-13(21-10)16-8(2)17(3)14(12)18/h9H,4-7H2,1-3H3. The molecule has 2 aromatic heterocycles. The van der Waals surface area contributed by atoms with Crippen LogP contribution in [0.2, 0.25) is 0 Å². The summed E-state index contributed by atoms with van der Waals surface area (Å²) in [5.74, 6) is 0.152. The fourth-order valence-electron chi connectivity index (χ4n) is 2.94. The summed E-state index contributed by atoms with van der Waals surface area (Å²) in [7, 11) is 1.72. The first-order chi connectivity index (χ1) is 10.0. The second kappa shape index (κ2) is 5.26. The molecule has 2 aromatic rings. The normalized spacial score (nSPS) is 17.8. The average Bonchev–Trinajstić information content (AvgIpc) is 2.83. The highest BCUT2D eigenvalue weighted by atomic mass is 32.1. The van der Waals surface area contributed by atoms with E-state index in [1.54, 1.807) is 29.9 Å². The molecule has 1 aliphatic carbocycles. The summed E-state index contributed by atoms with van der Waals surface area (Å²) in [5, 5.41) is 0.612. The van der Waals surface area contributed by atoms with Gasteiger partial charge in [0, 0.05) is 11.9 Å². The van der Waals surface area contributed by atoms with E-state index in [2.05, 4.69) is 4.98 Å². The highest BCUT2D eigenvalue weighted by Crippen LogP contribution is 2.41. The lowest BCUT2D eigenvalue weighted by Crippen LogP contribution is -2.24. The zero-order valence-electron chi connectivity index (χ0n) is 12.4. The lowest BCUT2D eigenvalue weighted by atomic mass is 9.86. The minimum Gasteiger partial charge on any atom is -0.466 e. The third kappa shape index (κ3) is 2.18. The molecule has 0 spiro atoms. The van der Waals surface area contributed by atoms with Gasteiger partial charge in [-0.05, 0) is 38.7 Å². The zero-order chi connectivity index (χ0) is 15.1. The van der Waals surface area contributed by atoms with Gasteiger partial charge in [0.2, 0.25) is 0 Å². The van der Waals surface area contributed by atoms with Gasteiger partial charge in [-0.3, -0.25) is 14.2 Å². The number of aromatic nitrogens is 2. The third-order valence-electron chi connectivity index (χ3n) is 4.09. The van der Waals surface area contributed by atoms with Crippen LogP contribution < -0.4 is 5.56 Å². The smallest absolute Gasteiger partial charge is 0.313 e. The van der Waals surface area contributed by atoms with E-state index in [0.29, 0.717) is 17.8 Å². The number of hydrogen-bond acceptors (Lipinski definition) is 5. The molecule has 112 valence electrons. The number of nitrogens with zero attached hydrogens (tertiary/aromatic N) is 2. The highest BCUT2D eigenvalue weighted by Gasteiger charge is 2.33. The fourth-order valence-corrected chi connectivity index (χ4v) is 4.25. The molecule has 0 aromatic carbocycles. The number of carbonyl (C=O) groups is 1. The maximum atomic E-state index is 12.6. The number of carbonyl (C=O) groups excluding carboxylic acids is 1. The fraction of sp³-hybridized carbons (Fsp3) is 0.533. The maximum Gasteiger partial charge on any atom is 0.313 e. The Labute approximate surface area is 126 Å². The van der Waals surface area contributed by atoms with Crippen LogP contribution in [0.1, 0.15) is 41.9 Å². The van der Waals surface area contributed by atoms with E-state index < -0.39 is 0 Å². The molecular weight excluding hydrogens is 288 g/mol. The van der Waals surface area contributed by atoms with E-state index in [-0.39, 0.29) is 17.4 Å². The third-order valence-corrected chi connectivity index (χ3v) is 5.25. The van der Waals surface area contributed by atoms with E-state index >= 15 is 0 Å². The van der Waals surface area contributed by atoms with Gasteiger partial charge in [0.05, 0.1) is 17.9 Å². The van der Waals surface area contributed by atoms with Crippen molar-refractivity contribution in [3.8, 4) is 0 Å². The number of rotatable bonds is 2. The molecule has 0 fully saturated rings. The molecule has 1 unspecified atom stereocenters. The van der Waals surface area contributed by atoms with Gasteiger partial charge in [-0.15, -0.1) is 11.3 Å². The van der Waals surface area contributed by atoms with Gasteiger partial charge in [-0.2, -0.15) is 0 Å². The van der Waals surface area contributed by atoms with Crippen molar-refractivity contribution >= 4 is 27.5 Å². The van der Waals surface area contributed by atoms with Crippen LogP contribution in [0.3, 0.4) is 0 Å². The Kier molecular flexibility index (Phi) is 3.57. The predicted molar refractivity (Wildman–Crippen MR) is 81.9 cm³/mol. The first-order valence-corrected chi connectivity index (χ1v) is 8.01. The van der Waals surface area contributed by atoms with Gasteiger partial charge in [0.15, 0.2) is 0 Å². The quantitative estimate of drug-likeness (QED) is 0.799. The van der Waals surface area contributed by atoms with Crippen LogP contribution in [-0.4, -0.2) is 22.1 Å². The van der Waals surface area contributed by atoms with Crippen LogP contribution in [0.5, 0.6) is 0 Å². The van der Waals surface area contributed by atoms with E-state index in [4.69, 9.17) is 4.74 Å². The van der Waals surface area contributed by atoms with Gasteiger partial charge in [0.25, 0.3) is 5.56 Å². The Morgan fingerprint density at radius 2 is 2.29 bits per heavy atom. The van der Waals surface area contributed by atoms with Crippen LogP contribution in [0, 0.1) is 6.92 Å². The molecule has 6 heteroatoms. The lowest BCUT2D eigenvalue weighted by molar-refractivity contribution is -0.145. The molecule has 1 aliphatic rings. The van der Waals surface area contributed by atoms with Crippen LogP contribution in [-0.2, 0) is 23.0 Å². The van der Waals surface area contributed by atoms with Gasteiger partial charge in [-0.1, -0.05) is 0 Å². The summed E-state index contributed by atoms with van der Waals surface area (Å²) in [4.78, 5) is 31.2. The van der Waals surface area contributed by atoms with Crippen molar-refractivity contribution in [1.82, 2.24) is 9.55 Å². The molecule has 0 amide bonds. The molecule has 1 atom stereocenters. The summed E-state index contributed by atoms with van der Waals surface area (Å²) in [6, 6.07) is 0. The summed E-state index contributed by atoms with van der Waals surface area (Å²) in [5.41, 5.74) is 0.805. The largest absolute Gasteiger partial charge is 0.466 e. The Morgan fingerprint density at radius 3 is 3.00 bits per heavy atom. The monoisotopic (exact) mass is 306 g/mol. The van der Waals surface area contributed by atoms with Crippen molar-refractivity contribution in [3.63, 3.8) is 0 Å². The van der Waals surface area contributed by atoms with Crippen molar-refractivity contribution in [3.05, 3.63) is 26.6 Å². The molecule has 5 nitrogen and oxygen atoms in total. The molecule has 0 N–H and O–H groups in total. The SMILES string of the molecule is CCOC(=O)C1CCCc2sc3nc(C)n(C)c(=O)c3c21. The van der Waals surface area contributed by atoms with Gasteiger partial charge in [0.1, 0.15) is 10.7 Å². The molecular formula is C15H18N2O3S. The Balaban J connectivity index is 2.26. The van der Waals surface area contributed by atoms with Gasteiger partial charge in [-0.25, -0.2) is 4.98 Å². The minimum atomic E-state index is -0.320. The molecule has 0 aliphatic heterocycles. The minimum absolute atomic E-state index is 0.0637. The molecule has 21 heavy (non-hydrogen) atoms. The number of hydrogen-bond donors (Lipinski definition) is 0. The topological polar surface area (TPSA) is 61.2 Å². The van der Waals surface area contributed by atoms with Crippen molar-refractivity contribution in [2.24, 2.45) is 7.05 Å². The Bertz CT molecular complexity index is 775. The number of ether oxygens (including phenoxy) is 1. The average molecular weight is 306 g/mol. The number of thiophene rings is 1. The van der Waals surface area contributed by atoms with E-state index in [0.717, 1.165) is 34.5 Å². The Hall–Kier alpha value is -1.69. The van der Waals surface area contributed by atoms with Crippen molar-refractivity contribution in [1.29, 1.82) is 0 Å². The van der Waals surface area contributed by atoms with Crippen LogP contribution in [0.4, 0.5) is 0 Å². The first kappa shape index (κ1) is 14.3. The summed E-state index contributed by atoms with van der Waals surface area (Å²) >= 11 is 1.54. The molecule has 2 heterocycles. The van der Waals surface area contributed by atoms with Crippen LogP contribution >= 0.6 is 11.3 Å². The summed E-state index contributed by atoms with van der Waals surface area (Å²) in [6.45, 7) is 3.99. The van der Waals surface area contributed by atoms with Crippen LogP contribution in [0.25, 0.3) is 10.2 Å². The highest BCUT2D eigenvalue weighted by molar-refractivity contribution is 7.18. The maximum absolute atomic E-state index is 12.6. The summed E-state index contributed by atoms with van der Waals surface area (Å²) < 4.78 is 6.73.